The van der Waals surface area contributed by atoms with E-state index in [-0.39, 0.29) is 126 Å². The first kappa shape index (κ1) is 61.1. The van der Waals surface area contributed by atoms with Crippen molar-refractivity contribution in [3.05, 3.63) is 115 Å². The Morgan fingerprint density at radius 3 is 1.24 bits per heavy atom. The summed E-state index contributed by atoms with van der Waals surface area (Å²) in [5.41, 5.74) is -3.51. The smallest absolute Gasteiger partial charge is 0.505 e. The van der Waals surface area contributed by atoms with Crippen molar-refractivity contribution in [2.24, 2.45) is 10.2 Å². The van der Waals surface area contributed by atoms with Crippen molar-refractivity contribution in [1.29, 1.82) is 0 Å². The molecule has 8 N–H and O–H groups in total. The number of anilines is 1. The zero-order chi connectivity index (χ0) is 62.5. The Balaban J connectivity index is 0.00000800. The largest absolute Gasteiger partial charge is 2.00 e. The van der Waals surface area contributed by atoms with Crippen LogP contribution in [0.15, 0.2) is 160 Å². The van der Waals surface area contributed by atoms with Crippen LogP contribution in [0.4, 0.5) is 17.1 Å². The van der Waals surface area contributed by atoms with E-state index in [1.165, 1.54) is 24.3 Å². The SMILES string of the molecule is O=S(=O)(O)c1ccc(S(=O)(=O)O)c(N=Nc2c(S(=O)(=O)O)cc3cc(NS(=O)(=O)c4ccc5c(c4)-c4nc-5nc5[n-]c(nc6nc(nc7[n-]c(n4)c4cc(S(=O)(=O)O)ccc74)-c4cc(S(=O)(=O)O)ccc4-6)c4cc(S(=O)(=O)O)ccc54)ccc3c2O)c1.[Zn+2]. The minimum Gasteiger partial charge on any atom is -0.505 e. The maximum absolute atomic E-state index is 14.4. The van der Waals surface area contributed by atoms with Gasteiger partial charge in [-0.15, -0.1) is 10.2 Å². The molecule has 0 aliphatic carbocycles. The normalized spacial score (nSPS) is 13.2. The van der Waals surface area contributed by atoms with Gasteiger partial charge in [0, 0.05) is 55.9 Å². The fraction of sp³-hybridized carbons (Fsp3) is 0. The molecule has 0 spiro atoms. The molecule has 7 aromatic carbocycles. The van der Waals surface area contributed by atoms with E-state index >= 15 is 0 Å². The van der Waals surface area contributed by atoms with Crippen LogP contribution in [0, 0.1) is 0 Å². The molecule has 0 amide bonds. The fourth-order valence-corrected chi connectivity index (χ4v) is 13.6. The van der Waals surface area contributed by atoms with E-state index in [0.29, 0.717) is 24.3 Å². The predicted molar refractivity (Wildman–Crippen MR) is 300 cm³/mol. The summed E-state index contributed by atoms with van der Waals surface area (Å²) in [6, 6.07) is 18.5. The van der Waals surface area contributed by atoms with E-state index in [2.05, 4.69) is 54.8 Å². The van der Waals surface area contributed by atoms with Crippen LogP contribution in [0.1, 0.15) is 0 Å². The number of nitrogens with one attached hydrogen (secondary N) is 1. The maximum Gasteiger partial charge on any atom is 2.00 e. The number of fused-ring (bicyclic) bond motifs is 21. The number of azo groups is 1. The average Bonchev–Trinajstić information content (AvgIpc) is 1.59. The summed E-state index contributed by atoms with van der Waals surface area (Å²) >= 11 is 0. The summed E-state index contributed by atoms with van der Waals surface area (Å²) in [6.07, 6.45) is 0. The van der Waals surface area contributed by atoms with Gasteiger partial charge in [-0.1, -0.05) is 24.3 Å². The minimum absolute atomic E-state index is 0. The molecule has 3 aromatic heterocycles. The fourth-order valence-electron chi connectivity index (χ4n) is 9.21. The molecule has 0 atom stereocenters. The molecule has 5 heterocycles. The second-order valence-corrected chi connectivity index (χ2v) is 28.8. The van der Waals surface area contributed by atoms with Crippen molar-refractivity contribution < 1.29 is 111 Å². The monoisotopic (exact) mass is 1380 g/mol. The summed E-state index contributed by atoms with van der Waals surface area (Å²) in [7, 11) is -35.1. The number of phenols is 1. The van der Waals surface area contributed by atoms with Gasteiger partial charge in [-0.2, -0.15) is 50.5 Å². The quantitative estimate of drug-likeness (QED) is 0.0438. The third-order valence-electron chi connectivity index (χ3n) is 13.1. The molecule has 8 bridgehead atoms. The second-order valence-electron chi connectivity index (χ2n) is 18.6. The Hall–Kier alpha value is -8.61. The topological polar surface area (TPSA) is 523 Å². The van der Waals surface area contributed by atoms with E-state index < -0.39 is 122 Å². The molecule has 40 heteroatoms. The second kappa shape index (κ2) is 20.8. The first-order chi connectivity index (χ1) is 40.5. The van der Waals surface area contributed by atoms with Gasteiger partial charge in [-0.25, -0.2) is 18.4 Å². The summed E-state index contributed by atoms with van der Waals surface area (Å²) in [4.78, 5) is 31.0. The molecule has 88 heavy (non-hydrogen) atoms. The van der Waals surface area contributed by atoms with Crippen LogP contribution in [-0.4, -0.2) is 121 Å². The molecule has 12 rings (SSSR count). The molecule has 10 aromatic rings. The first-order valence-corrected chi connectivity index (χ1v) is 33.6. The van der Waals surface area contributed by atoms with Gasteiger partial charge in [-0.05, 0) is 118 Å². The molecule has 444 valence electrons. The molecular weight excluding hydrogens is 1360 g/mol. The van der Waals surface area contributed by atoms with Crippen LogP contribution >= 0.6 is 0 Å². The zero-order valence-electron chi connectivity index (χ0n) is 42.9. The number of hydrogen-bond acceptors (Lipinski definition) is 23. The third kappa shape index (κ3) is 11.1. The van der Waals surface area contributed by atoms with Gasteiger partial charge in [-0.3, -0.25) is 32.0 Å². The van der Waals surface area contributed by atoms with Crippen LogP contribution in [0.3, 0.4) is 0 Å². The number of hydrogen-bond donors (Lipinski definition) is 8. The van der Waals surface area contributed by atoms with Gasteiger partial charge in [0.15, 0.2) is 5.75 Å². The summed E-state index contributed by atoms with van der Waals surface area (Å²) in [5.74, 6) is -2.18. The number of benzene rings is 7. The summed E-state index contributed by atoms with van der Waals surface area (Å²) in [5, 5.41) is 17.7. The van der Waals surface area contributed by atoms with Crippen molar-refractivity contribution >= 4 is 143 Å². The van der Waals surface area contributed by atoms with Crippen LogP contribution in [0.2, 0.25) is 0 Å². The van der Waals surface area contributed by atoms with Crippen LogP contribution in [0.5, 0.6) is 5.75 Å². The van der Waals surface area contributed by atoms with E-state index in [4.69, 9.17) is 0 Å². The molecule has 32 nitrogen and oxygen atoms in total. The van der Waals surface area contributed by atoms with Gasteiger partial charge < -0.3 is 35.0 Å². The molecule has 0 unspecified atom stereocenters. The molecule has 0 saturated carbocycles. The van der Waals surface area contributed by atoms with Gasteiger partial charge in [0.25, 0.3) is 70.7 Å². The van der Waals surface area contributed by atoms with Gasteiger partial charge in [0.1, 0.15) is 21.2 Å². The predicted octanol–water partition coefficient (Wildman–Crippen LogP) is 5.68. The Labute approximate surface area is 505 Å². The van der Waals surface area contributed by atoms with Crippen LogP contribution in [0.25, 0.3) is 100 Å². The molecule has 0 saturated heterocycles. The number of nitrogens with zero attached hydrogens (tertiary/aromatic N) is 10. The average molecular weight is 1380 g/mol. The van der Waals surface area contributed by atoms with Gasteiger partial charge in [0.05, 0.1) is 47.8 Å². The molecule has 2 aliphatic heterocycles. The van der Waals surface area contributed by atoms with Gasteiger partial charge in [0.2, 0.25) is 0 Å². The molecule has 0 fully saturated rings. The number of aromatic hydroxyl groups is 1. The maximum atomic E-state index is 14.4. The molecule has 0 radical (unpaired) electrons. The van der Waals surface area contributed by atoms with Crippen molar-refractivity contribution in [3.63, 3.8) is 0 Å². The van der Waals surface area contributed by atoms with Crippen molar-refractivity contribution in [2.75, 3.05) is 4.72 Å². The van der Waals surface area contributed by atoms with E-state index in [1.807, 2.05) is 0 Å². The third-order valence-corrected chi connectivity index (χ3v) is 19.7. The number of phenolic OH excluding ortho intramolecular Hbond substituents is 1. The molecule has 2 aliphatic rings. The Kier molecular flexibility index (Phi) is 14.4. The molecular formula is C48H27N11O21S7Zn. The van der Waals surface area contributed by atoms with E-state index in [1.54, 1.807) is 0 Å². The number of aromatic nitrogens is 8. The van der Waals surface area contributed by atoms with Crippen molar-refractivity contribution in [3.8, 4) is 51.3 Å². The zero-order valence-corrected chi connectivity index (χ0v) is 51.5. The van der Waals surface area contributed by atoms with Crippen molar-refractivity contribution in [1.82, 2.24) is 39.9 Å². The van der Waals surface area contributed by atoms with E-state index in [0.717, 1.165) is 66.7 Å². The van der Waals surface area contributed by atoms with Crippen LogP contribution < -0.4 is 14.7 Å². The summed E-state index contributed by atoms with van der Waals surface area (Å²) < 4.78 is 239. The Morgan fingerprint density at radius 1 is 0.364 bits per heavy atom. The number of sulfonamides is 1. The van der Waals surface area contributed by atoms with E-state index in [9.17, 15) is 91.3 Å². The first-order valence-electron chi connectivity index (χ1n) is 23.5. The van der Waals surface area contributed by atoms with Gasteiger partial charge >= 0.3 is 19.5 Å². The van der Waals surface area contributed by atoms with Crippen LogP contribution in [-0.2, 0) is 90.2 Å². The minimum atomic E-state index is -5.43. The Morgan fingerprint density at radius 2 is 0.761 bits per heavy atom. The summed E-state index contributed by atoms with van der Waals surface area (Å²) in [6.45, 7) is 0. The number of rotatable bonds is 11. The Bertz CT molecular complexity index is 5910. The van der Waals surface area contributed by atoms with Crippen molar-refractivity contribution in [2.45, 2.75) is 34.3 Å². The standard InChI is InChI=1S/C48H27N11O21S7.Zn/c60-40-27-7-1-21(13-20(27)14-38(87(78,79)80)39(40)58-57-36-19-26(85(72,73)74)6-12-37(36)86(75,76)77)59-81(61,62)22-2-8-28-32(15-22)45-50-41(28)49-42-29-9-3-23(82(63,64)65)16-33(29)46(51-42)52-43-30-10-4-24(83(66,67)68)17-34(30)47(53-43)54-44-31-11-5-25(84(69,70)71)18-35(31)48(55-44)56-45;/h1-19H,(H8-2,49,50,51,52,53,54,55,56,57,58,59,60,63,64,65,66,67,68,69,70,71,72,73,74,75,76,77,78,79,80);/q-2;+2.